The summed E-state index contributed by atoms with van der Waals surface area (Å²) in [4.78, 5) is 0. The molecule has 0 bridgehead atoms. The van der Waals surface area contributed by atoms with Crippen molar-refractivity contribution in [3.05, 3.63) is 65.7 Å². The van der Waals surface area contributed by atoms with Crippen molar-refractivity contribution in [1.82, 2.24) is 0 Å². The van der Waals surface area contributed by atoms with Crippen LogP contribution in [0.4, 0.5) is 0 Å². The van der Waals surface area contributed by atoms with Gasteiger partial charge in [0.05, 0.1) is 11.2 Å². The molecule has 1 heterocycles. The van der Waals surface area contributed by atoms with Gasteiger partial charge in [0.1, 0.15) is 0 Å². The molecule has 3 heteroatoms. The second kappa shape index (κ2) is 5.81. The topological polar surface area (TPSA) is 18.5 Å². The number of benzene rings is 2. The van der Waals surface area contributed by atoms with E-state index in [0.29, 0.717) is 5.92 Å². The van der Waals surface area contributed by atoms with E-state index in [4.69, 9.17) is 9.31 Å². The van der Waals surface area contributed by atoms with Gasteiger partial charge in [0.25, 0.3) is 0 Å². The van der Waals surface area contributed by atoms with E-state index in [0.717, 1.165) is 5.46 Å². The Hall–Kier alpha value is -1.58. The first-order valence-electron chi connectivity index (χ1n) is 8.31. The molecule has 0 saturated carbocycles. The zero-order valence-electron chi connectivity index (χ0n) is 14.7. The largest absolute Gasteiger partial charge is 0.494 e. The smallest absolute Gasteiger partial charge is 0.399 e. The van der Waals surface area contributed by atoms with Crippen LogP contribution in [0.2, 0.25) is 0 Å². The van der Waals surface area contributed by atoms with Crippen LogP contribution in [0.5, 0.6) is 0 Å². The minimum absolute atomic E-state index is 0.291. The van der Waals surface area contributed by atoms with E-state index in [2.05, 4.69) is 89.2 Å². The van der Waals surface area contributed by atoms with Crippen LogP contribution in [-0.4, -0.2) is 18.3 Å². The third-order valence-electron chi connectivity index (χ3n) is 5.26. The Balaban J connectivity index is 1.78. The standard InChI is InChI=1S/C20H25BO2/c1-15(16-9-7-6-8-10-16)17-11-13-18(14-12-17)21-22-19(2,3)20(4,5)23-21/h6-15H,1-5H3. The van der Waals surface area contributed by atoms with Gasteiger partial charge < -0.3 is 9.31 Å². The molecule has 1 aliphatic heterocycles. The molecule has 1 atom stereocenters. The molecule has 1 aliphatic rings. The van der Waals surface area contributed by atoms with Crippen LogP contribution in [0.3, 0.4) is 0 Å². The zero-order valence-corrected chi connectivity index (χ0v) is 14.7. The first kappa shape index (κ1) is 16.3. The maximum absolute atomic E-state index is 6.11. The van der Waals surface area contributed by atoms with Crippen LogP contribution in [0.1, 0.15) is 51.7 Å². The second-order valence-electron chi connectivity index (χ2n) is 7.39. The fourth-order valence-corrected chi connectivity index (χ4v) is 2.86. The van der Waals surface area contributed by atoms with Gasteiger partial charge in [-0.3, -0.25) is 0 Å². The van der Waals surface area contributed by atoms with Crippen molar-refractivity contribution in [3.63, 3.8) is 0 Å². The van der Waals surface area contributed by atoms with Gasteiger partial charge in [-0.1, -0.05) is 61.5 Å². The number of hydrogen-bond acceptors (Lipinski definition) is 2. The van der Waals surface area contributed by atoms with E-state index in [9.17, 15) is 0 Å². The molecule has 0 spiro atoms. The van der Waals surface area contributed by atoms with Crippen molar-refractivity contribution < 1.29 is 9.31 Å². The van der Waals surface area contributed by atoms with E-state index in [-0.39, 0.29) is 18.3 Å². The Morgan fingerprint density at radius 2 is 1.22 bits per heavy atom. The van der Waals surface area contributed by atoms with Gasteiger partial charge in [0.2, 0.25) is 0 Å². The van der Waals surface area contributed by atoms with Crippen LogP contribution in [0.15, 0.2) is 54.6 Å². The molecular weight excluding hydrogens is 283 g/mol. The Morgan fingerprint density at radius 1 is 0.739 bits per heavy atom. The van der Waals surface area contributed by atoms with Gasteiger partial charge in [-0.05, 0) is 44.3 Å². The molecule has 2 nitrogen and oxygen atoms in total. The normalized spacial score (nSPS) is 20.5. The third kappa shape index (κ3) is 3.08. The fourth-order valence-electron chi connectivity index (χ4n) is 2.86. The Morgan fingerprint density at radius 3 is 1.74 bits per heavy atom. The fraction of sp³-hybridized carbons (Fsp3) is 0.400. The van der Waals surface area contributed by atoms with Gasteiger partial charge >= 0.3 is 7.12 Å². The minimum Gasteiger partial charge on any atom is -0.399 e. The third-order valence-corrected chi connectivity index (χ3v) is 5.26. The van der Waals surface area contributed by atoms with Crippen LogP contribution < -0.4 is 5.46 Å². The van der Waals surface area contributed by atoms with Gasteiger partial charge in [-0.15, -0.1) is 0 Å². The van der Waals surface area contributed by atoms with Crippen LogP contribution in [-0.2, 0) is 9.31 Å². The van der Waals surface area contributed by atoms with Gasteiger partial charge in [0.15, 0.2) is 0 Å². The second-order valence-corrected chi connectivity index (χ2v) is 7.39. The zero-order chi connectivity index (χ0) is 16.7. The number of hydrogen-bond donors (Lipinski definition) is 0. The summed E-state index contributed by atoms with van der Waals surface area (Å²) >= 11 is 0. The Kier molecular flexibility index (Phi) is 4.11. The van der Waals surface area contributed by atoms with Crippen LogP contribution in [0.25, 0.3) is 0 Å². The molecule has 2 aromatic rings. The van der Waals surface area contributed by atoms with Gasteiger partial charge in [-0.2, -0.15) is 0 Å². The lowest BCUT2D eigenvalue weighted by Crippen LogP contribution is -2.41. The first-order chi connectivity index (χ1) is 10.8. The van der Waals surface area contributed by atoms with Crippen LogP contribution in [0, 0.1) is 0 Å². The molecule has 2 aromatic carbocycles. The molecule has 23 heavy (non-hydrogen) atoms. The van der Waals surface area contributed by atoms with Crippen molar-refractivity contribution in [2.45, 2.75) is 51.7 Å². The summed E-state index contributed by atoms with van der Waals surface area (Å²) in [6.45, 7) is 10.6. The molecule has 0 radical (unpaired) electrons. The molecule has 1 fully saturated rings. The molecule has 0 aliphatic carbocycles. The van der Waals surface area contributed by atoms with Crippen LogP contribution >= 0.6 is 0 Å². The highest BCUT2D eigenvalue weighted by molar-refractivity contribution is 6.62. The van der Waals surface area contributed by atoms with Gasteiger partial charge in [0, 0.05) is 5.92 Å². The van der Waals surface area contributed by atoms with Crippen molar-refractivity contribution in [1.29, 1.82) is 0 Å². The summed E-state index contributed by atoms with van der Waals surface area (Å²) in [5.41, 5.74) is 3.11. The molecule has 120 valence electrons. The van der Waals surface area contributed by atoms with E-state index < -0.39 is 0 Å². The molecule has 3 rings (SSSR count). The quantitative estimate of drug-likeness (QED) is 0.794. The summed E-state index contributed by atoms with van der Waals surface area (Å²) in [5, 5.41) is 0. The Bertz CT molecular complexity index is 646. The summed E-state index contributed by atoms with van der Waals surface area (Å²) in [7, 11) is -0.291. The summed E-state index contributed by atoms with van der Waals surface area (Å²) in [5.74, 6) is 0.378. The predicted molar refractivity (Wildman–Crippen MR) is 96.1 cm³/mol. The lowest BCUT2D eigenvalue weighted by atomic mass is 9.78. The maximum atomic E-state index is 6.11. The lowest BCUT2D eigenvalue weighted by Gasteiger charge is -2.32. The highest BCUT2D eigenvalue weighted by Crippen LogP contribution is 2.36. The molecule has 0 aromatic heterocycles. The molecular formula is C20H25BO2. The molecule has 1 unspecified atom stereocenters. The number of rotatable bonds is 3. The molecule has 0 N–H and O–H groups in total. The predicted octanol–water partition coefficient (Wildman–Crippen LogP) is 4.14. The molecule has 1 saturated heterocycles. The minimum atomic E-state index is -0.298. The van der Waals surface area contributed by atoms with E-state index >= 15 is 0 Å². The summed E-state index contributed by atoms with van der Waals surface area (Å²) < 4.78 is 12.2. The summed E-state index contributed by atoms with van der Waals surface area (Å²) in [6, 6.07) is 19.2. The Labute approximate surface area is 140 Å². The maximum Gasteiger partial charge on any atom is 0.494 e. The van der Waals surface area contributed by atoms with Crippen molar-refractivity contribution in [2.24, 2.45) is 0 Å². The van der Waals surface area contributed by atoms with E-state index in [1.165, 1.54) is 11.1 Å². The average molecular weight is 308 g/mol. The lowest BCUT2D eigenvalue weighted by molar-refractivity contribution is 0.00578. The van der Waals surface area contributed by atoms with E-state index in [1.54, 1.807) is 0 Å². The molecule has 0 amide bonds. The van der Waals surface area contributed by atoms with Crippen molar-refractivity contribution in [2.75, 3.05) is 0 Å². The van der Waals surface area contributed by atoms with Crippen molar-refractivity contribution in [3.8, 4) is 0 Å². The van der Waals surface area contributed by atoms with Gasteiger partial charge in [-0.25, -0.2) is 0 Å². The first-order valence-corrected chi connectivity index (χ1v) is 8.31. The highest BCUT2D eigenvalue weighted by Gasteiger charge is 2.51. The average Bonchev–Trinajstić information content (AvgIpc) is 2.76. The van der Waals surface area contributed by atoms with Crippen molar-refractivity contribution >= 4 is 12.6 Å². The SMILES string of the molecule is CC(c1ccccc1)c1ccc(B2OC(C)(C)C(C)(C)O2)cc1. The monoisotopic (exact) mass is 308 g/mol. The summed E-state index contributed by atoms with van der Waals surface area (Å²) in [6.07, 6.45) is 0. The highest BCUT2D eigenvalue weighted by atomic mass is 16.7. The van der Waals surface area contributed by atoms with E-state index in [1.807, 2.05) is 0 Å².